The van der Waals surface area contributed by atoms with Crippen molar-refractivity contribution in [3.8, 4) is 0 Å². The highest BCUT2D eigenvalue weighted by Crippen LogP contribution is 2.28. The van der Waals surface area contributed by atoms with E-state index in [0.717, 1.165) is 22.0 Å². The molecule has 10 heteroatoms. The third-order valence-corrected chi connectivity index (χ3v) is 7.27. The maximum absolute atomic E-state index is 13.2. The zero-order chi connectivity index (χ0) is 25.4. The second-order valence-corrected chi connectivity index (χ2v) is 10.1. The molecule has 4 aromatic rings. The van der Waals surface area contributed by atoms with Crippen LogP contribution in [0.15, 0.2) is 82.1 Å². The van der Waals surface area contributed by atoms with Gasteiger partial charge in [0.1, 0.15) is 17.3 Å². The fraction of sp³-hybridized carbons (Fsp3) is 0.259. The van der Waals surface area contributed by atoms with E-state index < -0.39 is 0 Å². The lowest BCUT2D eigenvalue weighted by atomic mass is 10.1. The van der Waals surface area contributed by atoms with Crippen molar-refractivity contribution < 1.29 is 14.1 Å². The van der Waals surface area contributed by atoms with Crippen LogP contribution in [-0.4, -0.2) is 67.6 Å². The van der Waals surface area contributed by atoms with Gasteiger partial charge >= 0.3 is 0 Å². The molecule has 9 nitrogen and oxygen atoms in total. The molecule has 1 unspecified atom stereocenters. The highest BCUT2D eigenvalue weighted by Gasteiger charge is 2.44. The van der Waals surface area contributed by atoms with E-state index in [9.17, 15) is 9.59 Å². The molecule has 0 bridgehead atoms. The van der Waals surface area contributed by atoms with E-state index in [1.807, 2.05) is 64.5 Å². The van der Waals surface area contributed by atoms with Gasteiger partial charge in [0.15, 0.2) is 5.76 Å². The second-order valence-electron chi connectivity index (χ2n) is 9.29. The normalized spacial score (nSPS) is 19.0. The van der Waals surface area contributed by atoms with Crippen molar-refractivity contribution in [2.45, 2.75) is 25.8 Å². The van der Waals surface area contributed by atoms with Crippen molar-refractivity contribution in [2.24, 2.45) is 0 Å². The summed E-state index contributed by atoms with van der Waals surface area (Å²) in [5, 5.41) is 9.13. The third kappa shape index (κ3) is 4.87. The van der Waals surface area contributed by atoms with Crippen molar-refractivity contribution in [2.75, 3.05) is 19.6 Å². The Morgan fingerprint density at radius 2 is 1.78 bits per heavy atom. The van der Waals surface area contributed by atoms with Gasteiger partial charge in [-0.05, 0) is 39.2 Å². The molecule has 1 atom stereocenters. The number of halogens is 1. The molecule has 6 rings (SSSR count). The average molecular weight is 561 g/mol. The number of piperazine rings is 1. The van der Waals surface area contributed by atoms with Crippen LogP contribution < -0.4 is 0 Å². The molecule has 0 N–H and O–H groups in total. The maximum atomic E-state index is 13.2. The molecular weight excluding hydrogens is 536 g/mol. The number of benzene rings is 2. The third-order valence-electron chi connectivity index (χ3n) is 6.90. The fourth-order valence-corrected chi connectivity index (χ4v) is 5.44. The van der Waals surface area contributed by atoms with E-state index in [-0.39, 0.29) is 31.1 Å². The number of hydrogen-bond acceptors (Lipinski definition) is 7. The standard InChI is InChI=1S/C27H25BrN6O3/c28-24-12-21(37-30-24)15-32-17-27(36)33-18-26(35)31(14-20-8-4-10-23-22(20)9-5-11-29-23)16-25(33)34(32)13-19-6-2-1-3-7-19/h1-12,25H,13-18H2. The number of rotatable bonds is 6. The minimum Gasteiger partial charge on any atom is -0.359 e. The van der Waals surface area contributed by atoms with Gasteiger partial charge in [-0.25, -0.2) is 10.0 Å². The molecule has 37 heavy (non-hydrogen) atoms. The molecule has 0 spiro atoms. The van der Waals surface area contributed by atoms with Crippen molar-refractivity contribution in [3.05, 3.63) is 94.4 Å². The first-order chi connectivity index (χ1) is 18.0. The minimum absolute atomic E-state index is 0.0551. The van der Waals surface area contributed by atoms with Gasteiger partial charge in [0, 0.05) is 30.7 Å². The van der Waals surface area contributed by atoms with Crippen LogP contribution in [0.2, 0.25) is 0 Å². The molecule has 0 aliphatic carbocycles. The van der Waals surface area contributed by atoms with Crippen molar-refractivity contribution in [1.82, 2.24) is 30.0 Å². The number of amides is 2. The highest BCUT2D eigenvalue weighted by atomic mass is 79.9. The summed E-state index contributed by atoms with van der Waals surface area (Å²) in [6, 6.07) is 21.9. The Balaban J connectivity index is 1.31. The Kier molecular flexibility index (Phi) is 6.45. The van der Waals surface area contributed by atoms with E-state index >= 15 is 0 Å². The van der Waals surface area contributed by atoms with Crippen LogP contribution in [0.1, 0.15) is 16.9 Å². The Bertz CT molecular complexity index is 1440. The van der Waals surface area contributed by atoms with E-state index in [2.05, 4.69) is 43.2 Å². The van der Waals surface area contributed by atoms with Crippen molar-refractivity contribution in [1.29, 1.82) is 0 Å². The first-order valence-corrected chi connectivity index (χ1v) is 12.9. The number of carbonyl (C=O) groups is 2. The molecular formula is C27H25BrN6O3. The smallest absolute Gasteiger partial charge is 0.242 e. The summed E-state index contributed by atoms with van der Waals surface area (Å²) in [5.41, 5.74) is 3.05. The number of hydrogen-bond donors (Lipinski definition) is 0. The average Bonchev–Trinajstić information content (AvgIpc) is 3.32. The van der Waals surface area contributed by atoms with Gasteiger partial charge in [0.25, 0.3) is 0 Å². The molecule has 2 amide bonds. The lowest BCUT2D eigenvalue weighted by molar-refractivity contribution is -0.201. The first kappa shape index (κ1) is 23.8. The van der Waals surface area contributed by atoms with Crippen LogP contribution in [0, 0.1) is 0 Å². The Morgan fingerprint density at radius 1 is 0.919 bits per heavy atom. The largest absolute Gasteiger partial charge is 0.359 e. The SMILES string of the molecule is O=C1CN2C(=O)CN(Cc3cc(Br)no3)N(Cc3ccccc3)C2CN1Cc1cccc2ncccc12. The Hall–Kier alpha value is -3.60. The molecule has 188 valence electrons. The molecule has 2 aliphatic rings. The molecule has 2 aromatic heterocycles. The monoisotopic (exact) mass is 560 g/mol. The number of pyridine rings is 1. The van der Waals surface area contributed by atoms with Crippen LogP contribution in [0.4, 0.5) is 0 Å². The predicted molar refractivity (Wildman–Crippen MR) is 139 cm³/mol. The summed E-state index contributed by atoms with van der Waals surface area (Å²) < 4.78 is 6.05. The zero-order valence-corrected chi connectivity index (χ0v) is 21.6. The Labute approximate surface area is 222 Å². The van der Waals surface area contributed by atoms with Gasteiger partial charge < -0.3 is 14.3 Å². The molecule has 0 radical (unpaired) electrons. The number of carbonyl (C=O) groups excluding carboxylic acids is 2. The van der Waals surface area contributed by atoms with Gasteiger partial charge in [-0.2, -0.15) is 0 Å². The van der Waals surface area contributed by atoms with Crippen LogP contribution >= 0.6 is 15.9 Å². The van der Waals surface area contributed by atoms with Crippen molar-refractivity contribution >= 4 is 38.6 Å². The molecule has 2 saturated heterocycles. The lowest BCUT2D eigenvalue weighted by Crippen LogP contribution is -2.71. The molecule has 2 aliphatic heterocycles. The summed E-state index contributed by atoms with van der Waals surface area (Å²) in [7, 11) is 0. The topological polar surface area (TPSA) is 86.0 Å². The second kappa shape index (κ2) is 10.0. The van der Waals surface area contributed by atoms with E-state index in [1.54, 1.807) is 11.1 Å². The summed E-state index contributed by atoms with van der Waals surface area (Å²) in [6.07, 6.45) is 1.46. The number of aromatic nitrogens is 2. The highest BCUT2D eigenvalue weighted by molar-refractivity contribution is 9.10. The maximum Gasteiger partial charge on any atom is 0.242 e. The molecule has 0 saturated carbocycles. The number of nitrogens with zero attached hydrogens (tertiary/aromatic N) is 6. The summed E-state index contributed by atoms with van der Waals surface area (Å²) in [4.78, 5) is 34.5. The van der Waals surface area contributed by atoms with Crippen LogP contribution in [0.3, 0.4) is 0 Å². The van der Waals surface area contributed by atoms with E-state index in [0.29, 0.717) is 36.5 Å². The quantitative estimate of drug-likeness (QED) is 0.357. The Morgan fingerprint density at radius 3 is 2.59 bits per heavy atom. The van der Waals surface area contributed by atoms with Gasteiger partial charge in [-0.1, -0.05) is 53.7 Å². The van der Waals surface area contributed by atoms with Crippen LogP contribution in [0.25, 0.3) is 10.9 Å². The number of fused-ring (bicyclic) bond motifs is 2. The molecule has 2 aromatic carbocycles. The summed E-state index contributed by atoms with van der Waals surface area (Å²) in [6.45, 7) is 2.04. The zero-order valence-electron chi connectivity index (χ0n) is 20.0. The van der Waals surface area contributed by atoms with Crippen LogP contribution in [-0.2, 0) is 29.2 Å². The van der Waals surface area contributed by atoms with Crippen LogP contribution in [0.5, 0.6) is 0 Å². The molecule has 2 fully saturated rings. The van der Waals surface area contributed by atoms with E-state index in [1.165, 1.54) is 0 Å². The predicted octanol–water partition coefficient (Wildman–Crippen LogP) is 3.42. The molecule has 4 heterocycles. The van der Waals surface area contributed by atoms with Gasteiger partial charge in [-0.3, -0.25) is 14.6 Å². The van der Waals surface area contributed by atoms with Gasteiger partial charge in [0.05, 0.1) is 25.2 Å². The summed E-state index contributed by atoms with van der Waals surface area (Å²) >= 11 is 3.34. The fourth-order valence-electron chi connectivity index (χ4n) is 5.11. The van der Waals surface area contributed by atoms with Gasteiger partial charge in [-0.15, -0.1) is 0 Å². The minimum atomic E-state index is -0.307. The van der Waals surface area contributed by atoms with Gasteiger partial charge in [0.2, 0.25) is 11.8 Å². The number of hydrazine groups is 1. The van der Waals surface area contributed by atoms with Crippen molar-refractivity contribution in [3.63, 3.8) is 0 Å². The lowest BCUT2D eigenvalue weighted by Gasteiger charge is -2.52. The van der Waals surface area contributed by atoms with E-state index in [4.69, 9.17) is 4.52 Å². The summed E-state index contributed by atoms with van der Waals surface area (Å²) in [5.74, 6) is 0.520. The first-order valence-electron chi connectivity index (χ1n) is 12.1.